The summed E-state index contributed by atoms with van der Waals surface area (Å²) in [6.07, 6.45) is 1.92. The van der Waals surface area contributed by atoms with Gasteiger partial charge >= 0.3 is 0 Å². The Bertz CT molecular complexity index is 2530. The molecule has 0 radical (unpaired) electrons. The fourth-order valence-corrected chi connectivity index (χ4v) is 14.6. The van der Waals surface area contributed by atoms with E-state index in [-0.39, 0.29) is 0 Å². The number of hydrogen-bond donors (Lipinski definition) is 0. The normalized spacial score (nSPS) is 14.1. The molecule has 2 aliphatic carbocycles. The fraction of sp³-hybridized carbons (Fsp3) is 0.130. The smallest absolute Gasteiger partial charge is 0.160 e. The summed E-state index contributed by atoms with van der Waals surface area (Å²) < 4.78 is 24.9. The molecule has 8 aromatic rings. The molecule has 4 aromatic carbocycles. The number of hydrogen-bond acceptors (Lipinski definition) is 10. The highest BCUT2D eigenvalue weighted by Gasteiger charge is 2.55. The van der Waals surface area contributed by atoms with Crippen LogP contribution in [0.4, 0.5) is 0 Å². The molecular weight excluding hydrogens is 777 g/mol. The van der Waals surface area contributed by atoms with Gasteiger partial charge in [0.25, 0.3) is 0 Å². The number of methoxy groups -OCH3 is 4. The third kappa shape index (κ3) is 4.58. The number of rotatable bonds is 10. The summed E-state index contributed by atoms with van der Waals surface area (Å²) in [5, 5.41) is 0. The Morgan fingerprint density at radius 2 is 0.714 bits per heavy atom. The number of carbonyl (C=O) groups is 2. The van der Waals surface area contributed by atoms with E-state index in [1.165, 1.54) is 20.5 Å². The first-order valence-electron chi connectivity index (χ1n) is 17.8. The van der Waals surface area contributed by atoms with Gasteiger partial charge < -0.3 is 18.9 Å². The van der Waals surface area contributed by atoms with Gasteiger partial charge in [0, 0.05) is 41.8 Å². The molecule has 56 heavy (non-hydrogen) atoms. The third-order valence-corrected chi connectivity index (χ3v) is 16.2. The Balaban J connectivity index is 1.36. The maximum atomic E-state index is 12.5. The van der Waals surface area contributed by atoms with Gasteiger partial charge in [-0.3, -0.25) is 9.59 Å². The van der Waals surface area contributed by atoms with Gasteiger partial charge in [-0.2, -0.15) is 0 Å². The van der Waals surface area contributed by atoms with Gasteiger partial charge in [-0.25, -0.2) is 0 Å². The van der Waals surface area contributed by atoms with Crippen molar-refractivity contribution < 1.29 is 28.5 Å². The minimum Gasteiger partial charge on any atom is -0.497 e. The van der Waals surface area contributed by atoms with Crippen LogP contribution in [-0.4, -0.2) is 41.0 Å². The van der Waals surface area contributed by atoms with Crippen molar-refractivity contribution in [1.82, 2.24) is 0 Å². The molecule has 0 N–H and O–H groups in total. The molecule has 0 saturated heterocycles. The molecule has 0 atom stereocenters. The van der Waals surface area contributed by atoms with Crippen molar-refractivity contribution >= 4 is 67.3 Å². The third-order valence-electron chi connectivity index (χ3n) is 11.3. The standard InChI is InChI=1S/C46H32O6S4/c1-49-29-13-5-25(6-14-29)45(26-7-15-30(50-2)16-8-26)37-39(35-21-33(23-47)53-43(35)45)55-42-38-40(56-41(37)42)36-22-34(24-48)54-44(36)46(38,27-9-17-31(51-3)18-10-27)28-11-19-32(52-4)20-12-28/h5-24H,1-4H3. The summed E-state index contributed by atoms with van der Waals surface area (Å²) in [6.45, 7) is 0. The Kier molecular flexibility index (Phi) is 8.13. The zero-order valence-electron chi connectivity index (χ0n) is 30.6. The van der Waals surface area contributed by atoms with Crippen molar-refractivity contribution in [3.8, 4) is 43.9 Å². The van der Waals surface area contributed by atoms with Gasteiger partial charge in [-0.1, -0.05) is 48.5 Å². The van der Waals surface area contributed by atoms with Crippen LogP contribution in [0.25, 0.3) is 30.3 Å². The average molecular weight is 809 g/mol. The lowest BCUT2D eigenvalue weighted by atomic mass is 9.70. The molecule has 0 unspecified atom stereocenters. The summed E-state index contributed by atoms with van der Waals surface area (Å²) in [6, 6.07) is 37.5. The lowest BCUT2D eigenvalue weighted by Crippen LogP contribution is -2.28. The van der Waals surface area contributed by atoms with E-state index in [4.69, 9.17) is 18.9 Å². The van der Waals surface area contributed by atoms with Crippen molar-refractivity contribution in [3.05, 3.63) is 162 Å². The molecule has 0 saturated carbocycles. The second-order valence-electron chi connectivity index (χ2n) is 13.7. The quantitative estimate of drug-likeness (QED) is 0.128. The molecular formula is C46H32O6S4. The summed E-state index contributed by atoms with van der Waals surface area (Å²) >= 11 is 6.71. The molecule has 0 bridgehead atoms. The van der Waals surface area contributed by atoms with Crippen LogP contribution >= 0.6 is 45.3 Å². The Morgan fingerprint density at radius 3 is 0.964 bits per heavy atom. The largest absolute Gasteiger partial charge is 0.497 e. The van der Waals surface area contributed by atoms with Gasteiger partial charge in [0.1, 0.15) is 23.0 Å². The van der Waals surface area contributed by atoms with Crippen molar-refractivity contribution in [2.24, 2.45) is 0 Å². The summed E-state index contributed by atoms with van der Waals surface area (Å²) in [5.74, 6) is 3.06. The van der Waals surface area contributed by atoms with Crippen molar-refractivity contribution in [2.75, 3.05) is 28.4 Å². The van der Waals surface area contributed by atoms with E-state index in [0.29, 0.717) is 9.75 Å². The number of fused-ring (bicyclic) bond motifs is 9. The van der Waals surface area contributed by atoms with Crippen LogP contribution in [0.15, 0.2) is 109 Å². The van der Waals surface area contributed by atoms with Crippen molar-refractivity contribution in [2.45, 2.75) is 10.8 Å². The molecule has 10 rings (SSSR count). The maximum absolute atomic E-state index is 12.5. The first kappa shape index (κ1) is 34.9. The van der Waals surface area contributed by atoms with Gasteiger partial charge in [-0.05, 0) is 82.9 Å². The first-order chi connectivity index (χ1) is 27.4. The van der Waals surface area contributed by atoms with Crippen LogP contribution in [-0.2, 0) is 10.8 Å². The zero-order chi connectivity index (χ0) is 38.3. The molecule has 6 nitrogen and oxygen atoms in total. The highest BCUT2D eigenvalue weighted by atomic mass is 32.1. The lowest BCUT2D eigenvalue weighted by Gasteiger charge is -2.33. The number of ether oxygens (including phenoxy) is 4. The average Bonchev–Trinajstić information content (AvgIpc) is 4.10. The van der Waals surface area contributed by atoms with Crippen LogP contribution in [0.5, 0.6) is 23.0 Å². The minimum absolute atomic E-state index is 0.684. The monoisotopic (exact) mass is 808 g/mol. The summed E-state index contributed by atoms with van der Waals surface area (Å²) in [5.41, 5.74) is 7.38. The van der Waals surface area contributed by atoms with Crippen LogP contribution in [0, 0.1) is 0 Å². The van der Waals surface area contributed by atoms with Crippen LogP contribution in [0.2, 0.25) is 0 Å². The predicted molar refractivity (Wildman–Crippen MR) is 227 cm³/mol. The Morgan fingerprint density at radius 1 is 0.429 bits per heavy atom. The SMILES string of the molecule is COc1ccc(C2(c3ccc(OC)cc3)c3sc(C=O)cc3-c3sc4c5c(sc4c32)-c2cc(C=O)sc2C5(c2ccc(OC)cc2)c2ccc(OC)cc2)cc1. The van der Waals surface area contributed by atoms with Gasteiger partial charge in [0.15, 0.2) is 12.6 Å². The maximum Gasteiger partial charge on any atom is 0.160 e. The highest BCUT2D eigenvalue weighted by Crippen LogP contribution is 2.70. The van der Waals surface area contributed by atoms with Crippen LogP contribution in [0.1, 0.15) is 62.5 Å². The van der Waals surface area contributed by atoms with E-state index in [1.54, 1.807) is 73.8 Å². The number of thiophene rings is 4. The van der Waals surface area contributed by atoms with E-state index in [1.807, 2.05) is 48.5 Å². The number of carbonyl (C=O) groups excluding carboxylic acids is 2. The zero-order valence-corrected chi connectivity index (χ0v) is 33.9. The fourth-order valence-electron chi connectivity index (χ4n) is 8.85. The molecule has 4 heterocycles. The first-order valence-corrected chi connectivity index (χ1v) is 21.1. The summed E-state index contributed by atoms with van der Waals surface area (Å²) in [4.78, 5) is 31.0. The Hall–Kier alpha value is -5.52. The molecule has 10 heteroatoms. The molecule has 0 amide bonds. The topological polar surface area (TPSA) is 71.1 Å². The molecule has 0 spiro atoms. The lowest BCUT2D eigenvalue weighted by molar-refractivity contribution is 0.111. The van der Waals surface area contributed by atoms with Gasteiger partial charge in [-0.15, -0.1) is 45.3 Å². The molecule has 0 aliphatic heterocycles. The van der Waals surface area contributed by atoms with Crippen LogP contribution < -0.4 is 18.9 Å². The van der Waals surface area contributed by atoms with E-state index in [2.05, 4.69) is 60.7 Å². The molecule has 0 fully saturated rings. The van der Waals surface area contributed by atoms with Gasteiger partial charge in [0.05, 0.1) is 58.4 Å². The highest BCUT2D eigenvalue weighted by molar-refractivity contribution is 7.32. The molecule has 2 aliphatic rings. The van der Waals surface area contributed by atoms with E-state index < -0.39 is 10.8 Å². The van der Waals surface area contributed by atoms with Crippen molar-refractivity contribution in [1.29, 1.82) is 0 Å². The minimum atomic E-state index is -0.750. The van der Waals surface area contributed by atoms with Crippen molar-refractivity contribution in [3.63, 3.8) is 0 Å². The number of benzene rings is 4. The van der Waals surface area contributed by atoms with E-state index in [9.17, 15) is 9.59 Å². The molecule has 4 aromatic heterocycles. The predicted octanol–water partition coefficient (Wildman–Crippen LogP) is 11.5. The second-order valence-corrected chi connectivity index (χ2v) is 17.9. The number of aldehydes is 2. The van der Waals surface area contributed by atoms with Gasteiger partial charge in [0.2, 0.25) is 0 Å². The summed E-state index contributed by atoms with van der Waals surface area (Å²) in [7, 11) is 6.71. The van der Waals surface area contributed by atoms with Crippen LogP contribution in [0.3, 0.4) is 0 Å². The van der Waals surface area contributed by atoms with E-state index in [0.717, 1.165) is 88.5 Å². The second kappa shape index (κ2) is 13.0. The van der Waals surface area contributed by atoms with E-state index >= 15 is 0 Å². The molecule has 276 valence electrons. The Labute approximate surface area is 339 Å².